The lowest BCUT2D eigenvalue weighted by Crippen LogP contribution is -2.54. The molecule has 3 heterocycles. The number of carbonyl (C=O) groups is 4. The molecule has 0 aliphatic carbocycles. The fraction of sp³-hybridized carbons (Fsp3) is 0. The van der Waals surface area contributed by atoms with E-state index in [2.05, 4.69) is 10.3 Å². The zero-order valence-electron chi connectivity index (χ0n) is 15.5. The zero-order chi connectivity index (χ0) is 22.1. The molecule has 0 saturated carbocycles. The molecule has 1 saturated heterocycles. The number of amides is 4. The predicted molar refractivity (Wildman–Crippen MR) is 109 cm³/mol. The third-order valence-corrected chi connectivity index (χ3v) is 4.73. The van der Waals surface area contributed by atoms with Crippen molar-refractivity contribution in [2.45, 2.75) is 0 Å². The van der Waals surface area contributed by atoms with Gasteiger partial charge in [0.15, 0.2) is 0 Å². The number of aromatic carboxylic acids is 1. The number of imide groups is 2. The molecule has 1 aliphatic heterocycles. The molecule has 0 radical (unpaired) electrons. The number of aromatic nitrogens is 1. The lowest BCUT2D eigenvalue weighted by molar-refractivity contribution is -0.122. The molecular formula is C21H12ClN3O6. The maximum Gasteiger partial charge on any atom is 0.336 e. The smallest absolute Gasteiger partial charge is 0.336 e. The zero-order valence-corrected chi connectivity index (χ0v) is 16.3. The molecule has 4 rings (SSSR count). The number of benzene rings is 1. The van der Waals surface area contributed by atoms with E-state index in [4.69, 9.17) is 21.1 Å². The highest BCUT2D eigenvalue weighted by molar-refractivity contribution is 6.39. The van der Waals surface area contributed by atoms with E-state index in [0.717, 1.165) is 4.90 Å². The average Bonchev–Trinajstić information content (AvgIpc) is 3.20. The highest BCUT2D eigenvalue weighted by Gasteiger charge is 2.37. The highest BCUT2D eigenvalue weighted by Crippen LogP contribution is 2.31. The summed E-state index contributed by atoms with van der Waals surface area (Å²) in [7, 11) is 0. The van der Waals surface area contributed by atoms with Crippen molar-refractivity contribution in [2.24, 2.45) is 0 Å². The Morgan fingerprint density at radius 2 is 1.97 bits per heavy atom. The first-order chi connectivity index (χ1) is 14.8. The topological polar surface area (TPSA) is 130 Å². The van der Waals surface area contributed by atoms with Crippen molar-refractivity contribution >= 4 is 47.2 Å². The van der Waals surface area contributed by atoms with Crippen molar-refractivity contribution in [3.8, 4) is 11.3 Å². The van der Waals surface area contributed by atoms with Crippen LogP contribution in [0.25, 0.3) is 17.4 Å². The summed E-state index contributed by atoms with van der Waals surface area (Å²) in [4.78, 5) is 53.1. The van der Waals surface area contributed by atoms with Crippen LogP contribution in [-0.2, 0) is 9.59 Å². The molecule has 0 spiro atoms. The molecule has 1 fully saturated rings. The molecule has 1 aliphatic rings. The minimum atomic E-state index is -1.13. The number of barbiturate groups is 1. The van der Waals surface area contributed by atoms with Gasteiger partial charge in [-0.25, -0.2) is 14.5 Å². The first-order valence-electron chi connectivity index (χ1n) is 8.79. The molecule has 2 N–H and O–H groups in total. The molecule has 4 amide bonds. The minimum absolute atomic E-state index is 0.0168. The largest absolute Gasteiger partial charge is 0.478 e. The van der Waals surface area contributed by atoms with E-state index >= 15 is 0 Å². The Morgan fingerprint density at radius 3 is 2.68 bits per heavy atom. The number of hydrogen-bond donors (Lipinski definition) is 2. The van der Waals surface area contributed by atoms with Gasteiger partial charge in [0.25, 0.3) is 11.8 Å². The van der Waals surface area contributed by atoms with Gasteiger partial charge in [-0.15, -0.1) is 0 Å². The van der Waals surface area contributed by atoms with E-state index in [9.17, 15) is 19.2 Å². The fourth-order valence-corrected chi connectivity index (χ4v) is 3.15. The molecule has 10 heteroatoms. The summed E-state index contributed by atoms with van der Waals surface area (Å²) in [5, 5.41) is 11.5. The van der Waals surface area contributed by atoms with Crippen LogP contribution in [0.2, 0.25) is 5.02 Å². The second kappa shape index (κ2) is 7.88. The van der Waals surface area contributed by atoms with E-state index in [1.54, 1.807) is 6.07 Å². The maximum absolute atomic E-state index is 12.8. The summed E-state index contributed by atoms with van der Waals surface area (Å²) in [6.07, 6.45) is 3.98. The standard InChI is InChI=1S/C21H12ClN3O6/c22-16-5-3-11(20(28)29)8-14(16)17-6-4-13(31-17)9-15-18(26)24-21(30)25(19(15)27)12-2-1-7-23-10-12/h1-10H,(H,28,29)(H,24,26,30)/b15-9+. The molecule has 0 bridgehead atoms. The number of hydrogen-bond acceptors (Lipinski definition) is 6. The number of rotatable bonds is 4. The quantitative estimate of drug-likeness (QED) is 0.472. The molecule has 0 unspecified atom stereocenters. The molecule has 0 atom stereocenters. The Labute approximate surface area is 179 Å². The summed E-state index contributed by atoms with van der Waals surface area (Å²) in [6.45, 7) is 0. The van der Waals surface area contributed by atoms with Crippen LogP contribution in [0.1, 0.15) is 16.1 Å². The van der Waals surface area contributed by atoms with Crippen molar-refractivity contribution in [2.75, 3.05) is 4.90 Å². The number of anilines is 1. The molecule has 31 heavy (non-hydrogen) atoms. The number of urea groups is 1. The van der Waals surface area contributed by atoms with Gasteiger partial charge in [-0.3, -0.25) is 19.9 Å². The van der Waals surface area contributed by atoms with E-state index in [1.165, 1.54) is 54.9 Å². The van der Waals surface area contributed by atoms with Gasteiger partial charge >= 0.3 is 12.0 Å². The van der Waals surface area contributed by atoms with Gasteiger partial charge in [0, 0.05) is 11.8 Å². The number of carbonyl (C=O) groups excluding carboxylic acids is 3. The fourth-order valence-electron chi connectivity index (χ4n) is 2.94. The number of nitrogens with one attached hydrogen (secondary N) is 1. The Bertz CT molecular complexity index is 1270. The monoisotopic (exact) mass is 437 g/mol. The van der Waals surface area contributed by atoms with Crippen LogP contribution >= 0.6 is 11.6 Å². The van der Waals surface area contributed by atoms with Crippen molar-refractivity contribution in [1.29, 1.82) is 0 Å². The van der Waals surface area contributed by atoms with Crippen molar-refractivity contribution in [3.63, 3.8) is 0 Å². The van der Waals surface area contributed by atoms with Crippen molar-refractivity contribution in [1.82, 2.24) is 10.3 Å². The summed E-state index contributed by atoms with van der Waals surface area (Å²) in [6, 6.07) is 9.29. The van der Waals surface area contributed by atoms with Gasteiger partial charge in [-0.1, -0.05) is 11.6 Å². The molecular weight excluding hydrogens is 426 g/mol. The van der Waals surface area contributed by atoms with Crippen LogP contribution in [0, 0.1) is 0 Å². The molecule has 154 valence electrons. The maximum atomic E-state index is 12.8. The van der Waals surface area contributed by atoms with E-state index in [-0.39, 0.29) is 33.4 Å². The summed E-state index contributed by atoms with van der Waals surface area (Å²) in [5.74, 6) is -2.48. The summed E-state index contributed by atoms with van der Waals surface area (Å²) >= 11 is 6.15. The molecule has 3 aromatic rings. The number of pyridine rings is 1. The van der Waals surface area contributed by atoms with Gasteiger partial charge in [-0.05, 0) is 48.5 Å². The van der Waals surface area contributed by atoms with Crippen molar-refractivity contribution in [3.05, 3.63) is 76.8 Å². The van der Waals surface area contributed by atoms with Gasteiger partial charge in [0.2, 0.25) is 0 Å². The summed E-state index contributed by atoms with van der Waals surface area (Å²) in [5.41, 5.74) is 0.219. The van der Waals surface area contributed by atoms with Gasteiger partial charge < -0.3 is 9.52 Å². The van der Waals surface area contributed by atoms with Crippen LogP contribution in [0.15, 0.2) is 64.8 Å². The minimum Gasteiger partial charge on any atom is -0.478 e. The number of carboxylic acid groups (broad SMARTS) is 1. The van der Waals surface area contributed by atoms with Crippen LogP contribution in [0.3, 0.4) is 0 Å². The van der Waals surface area contributed by atoms with Gasteiger partial charge in [-0.2, -0.15) is 0 Å². The number of carboxylic acids is 1. The van der Waals surface area contributed by atoms with E-state index < -0.39 is 23.8 Å². The number of furan rings is 1. The predicted octanol–water partition coefficient (Wildman–Crippen LogP) is 3.36. The summed E-state index contributed by atoms with van der Waals surface area (Å²) < 4.78 is 5.65. The highest BCUT2D eigenvalue weighted by atomic mass is 35.5. The molecule has 1 aromatic carbocycles. The van der Waals surface area contributed by atoms with Crippen LogP contribution in [0.5, 0.6) is 0 Å². The van der Waals surface area contributed by atoms with E-state index in [1.807, 2.05) is 0 Å². The van der Waals surface area contributed by atoms with E-state index in [0.29, 0.717) is 5.56 Å². The molecule has 9 nitrogen and oxygen atoms in total. The second-order valence-electron chi connectivity index (χ2n) is 6.37. The van der Waals surface area contributed by atoms with Crippen LogP contribution in [0.4, 0.5) is 10.5 Å². The third-order valence-electron chi connectivity index (χ3n) is 4.40. The molecule has 2 aromatic heterocycles. The Morgan fingerprint density at radius 1 is 1.16 bits per heavy atom. The normalized spacial score (nSPS) is 15.3. The second-order valence-corrected chi connectivity index (χ2v) is 6.78. The first-order valence-corrected chi connectivity index (χ1v) is 9.17. The lowest BCUT2D eigenvalue weighted by Gasteiger charge is -2.25. The lowest BCUT2D eigenvalue weighted by atomic mass is 10.1. The Kier molecular flexibility index (Phi) is 5.10. The van der Waals surface area contributed by atoms with Crippen molar-refractivity contribution < 1.29 is 28.7 Å². The van der Waals surface area contributed by atoms with Crippen LogP contribution < -0.4 is 10.2 Å². The van der Waals surface area contributed by atoms with Gasteiger partial charge in [0.1, 0.15) is 17.1 Å². The Hall–Kier alpha value is -4.24. The SMILES string of the molecule is O=C1NC(=O)N(c2cccnc2)C(=O)/C1=C/c1ccc(-c2cc(C(=O)O)ccc2Cl)o1. The number of nitrogens with zero attached hydrogens (tertiary/aromatic N) is 2. The first kappa shape index (κ1) is 20.0. The average molecular weight is 438 g/mol. The van der Waals surface area contributed by atoms with Crippen LogP contribution in [-0.4, -0.2) is 33.9 Å². The van der Waals surface area contributed by atoms with Gasteiger partial charge in [0.05, 0.1) is 22.5 Å². The number of halogens is 1. The Balaban J connectivity index is 1.69. The third kappa shape index (κ3) is 3.81.